The molecule has 2 N–H and O–H groups in total. The largest absolute Gasteiger partial charge is 0.464 e. The standard InChI is InChI=1S/C23H18Cl2N6O2/c1-12-5-8-18(33-12)20-19(22(32)28-15-4-3-9-26-11-15)13(2)27-23-29-21(30-31(20)23)14-6-7-16(24)17(25)10-14/h3-11,20H,1-2H3,(H,28,32)(H,27,29,30). The zero-order chi connectivity index (χ0) is 23.1. The first-order chi connectivity index (χ1) is 15.9. The van der Waals surface area contributed by atoms with Crippen molar-refractivity contribution in [3.63, 3.8) is 0 Å². The third-order valence-electron chi connectivity index (χ3n) is 5.23. The van der Waals surface area contributed by atoms with Gasteiger partial charge in [0.25, 0.3) is 5.91 Å². The fourth-order valence-electron chi connectivity index (χ4n) is 3.70. The second kappa shape index (κ2) is 8.38. The smallest absolute Gasteiger partial charge is 0.256 e. The van der Waals surface area contributed by atoms with E-state index in [2.05, 4.69) is 25.7 Å². The maximum atomic E-state index is 13.4. The average molecular weight is 481 g/mol. The Morgan fingerprint density at radius 2 is 2.00 bits per heavy atom. The van der Waals surface area contributed by atoms with Crippen molar-refractivity contribution in [2.24, 2.45) is 0 Å². The molecule has 166 valence electrons. The molecule has 4 heterocycles. The van der Waals surface area contributed by atoms with Gasteiger partial charge < -0.3 is 15.1 Å². The highest BCUT2D eigenvalue weighted by Crippen LogP contribution is 2.38. The van der Waals surface area contributed by atoms with Gasteiger partial charge in [-0.05, 0) is 56.3 Å². The fourth-order valence-corrected chi connectivity index (χ4v) is 4.00. The van der Waals surface area contributed by atoms with E-state index in [-0.39, 0.29) is 5.91 Å². The number of rotatable bonds is 4. The highest BCUT2D eigenvalue weighted by molar-refractivity contribution is 6.42. The highest BCUT2D eigenvalue weighted by atomic mass is 35.5. The van der Waals surface area contributed by atoms with Crippen LogP contribution in [-0.4, -0.2) is 25.7 Å². The van der Waals surface area contributed by atoms with Crippen molar-refractivity contribution < 1.29 is 9.21 Å². The molecule has 0 saturated heterocycles. The predicted molar refractivity (Wildman–Crippen MR) is 126 cm³/mol. The van der Waals surface area contributed by atoms with Crippen molar-refractivity contribution in [3.05, 3.63) is 87.7 Å². The molecule has 33 heavy (non-hydrogen) atoms. The van der Waals surface area contributed by atoms with E-state index in [9.17, 15) is 4.79 Å². The minimum Gasteiger partial charge on any atom is -0.464 e. The quantitative estimate of drug-likeness (QED) is 0.401. The summed E-state index contributed by atoms with van der Waals surface area (Å²) in [6.07, 6.45) is 3.22. The van der Waals surface area contributed by atoms with Gasteiger partial charge in [0, 0.05) is 17.5 Å². The van der Waals surface area contributed by atoms with Crippen LogP contribution in [0.1, 0.15) is 24.5 Å². The first kappa shape index (κ1) is 21.2. The first-order valence-electron chi connectivity index (χ1n) is 10.1. The van der Waals surface area contributed by atoms with E-state index in [1.165, 1.54) is 0 Å². The van der Waals surface area contributed by atoms with Crippen molar-refractivity contribution in [2.75, 3.05) is 10.6 Å². The molecular formula is C23H18Cl2N6O2. The van der Waals surface area contributed by atoms with Crippen molar-refractivity contribution >= 4 is 40.7 Å². The number of nitrogens with zero attached hydrogens (tertiary/aromatic N) is 4. The number of anilines is 2. The zero-order valence-electron chi connectivity index (χ0n) is 17.6. The van der Waals surface area contributed by atoms with Crippen molar-refractivity contribution in [1.29, 1.82) is 0 Å². The van der Waals surface area contributed by atoms with Gasteiger partial charge in [-0.3, -0.25) is 9.78 Å². The Hall–Kier alpha value is -3.62. The number of aryl methyl sites for hydroxylation is 1. The molecule has 1 aliphatic heterocycles. The third kappa shape index (κ3) is 3.99. The Morgan fingerprint density at radius 3 is 2.70 bits per heavy atom. The molecule has 0 aliphatic carbocycles. The Balaban J connectivity index is 1.59. The number of furan rings is 1. The third-order valence-corrected chi connectivity index (χ3v) is 5.96. The van der Waals surface area contributed by atoms with Crippen molar-refractivity contribution in [2.45, 2.75) is 19.9 Å². The van der Waals surface area contributed by atoms with Crippen LogP contribution in [0.4, 0.5) is 11.6 Å². The second-order valence-corrected chi connectivity index (χ2v) is 8.36. The zero-order valence-corrected chi connectivity index (χ0v) is 19.1. The SMILES string of the molecule is CC1=C(C(=O)Nc2cccnc2)C(c2ccc(C)o2)n2nc(-c3ccc(Cl)c(Cl)c3)nc2N1. The van der Waals surface area contributed by atoms with Crippen LogP contribution < -0.4 is 10.6 Å². The van der Waals surface area contributed by atoms with E-state index in [1.54, 1.807) is 47.4 Å². The molecule has 0 spiro atoms. The molecule has 0 radical (unpaired) electrons. The number of allylic oxidation sites excluding steroid dienone is 1. The number of benzene rings is 1. The monoisotopic (exact) mass is 480 g/mol. The number of carbonyl (C=O) groups excluding carboxylic acids is 1. The average Bonchev–Trinajstić information content (AvgIpc) is 3.41. The molecule has 8 nitrogen and oxygen atoms in total. The normalized spacial score (nSPS) is 15.2. The minimum atomic E-state index is -0.629. The summed E-state index contributed by atoms with van der Waals surface area (Å²) in [4.78, 5) is 22.0. The minimum absolute atomic E-state index is 0.302. The number of fused-ring (bicyclic) bond motifs is 1. The molecular weight excluding hydrogens is 463 g/mol. The Kier molecular flexibility index (Phi) is 5.39. The van der Waals surface area contributed by atoms with Crippen LogP contribution >= 0.6 is 23.2 Å². The van der Waals surface area contributed by atoms with Gasteiger partial charge >= 0.3 is 0 Å². The van der Waals surface area contributed by atoms with Gasteiger partial charge in [0.2, 0.25) is 5.95 Å². The van der Waals surface area contributed by atoms with Crippen LogP contribution in [0, 0.1) is 6.92 Å². The summed E-state index contributed by atoms with van der Waals surface area (Å²) in [7, 11) is 0. The molecule has 1 unspecified atom stereocenters. The first-order valence-corrected chi connectivity index (χ1v) is 10.8. The molecule has 0 fully saturated rings. The maximum Gasteiger partial charge on any atom is 0.256 e. The van der Waals surface area contributed by atoms with Crippen LogP contribution in [0.5, 0.6) is 0 Å². The Morgan fingerprint density at radius 1 is 1.15 bits per heavy atom. The molecule has 1 amide bonds. The van der Waals surface area contributed by atoms with E-state index in [1.807, 2.05) is 26.0 Å². The lowest BCUT2D eigenvalue weighted by atomic mass is 10.00. The van der Waals surface area contributed by atoms with E-state index in [4.69, 9.17) is 27.6 Å². The highest BCUT2D eigenvalue weighted by Gasteiger charge is 2.36. The van der Waals surface area contributed by atoms with Crippen LogP contribution in [0.15, 0.2) is 70.5 Å². The topological polar surface area (TPSA) is 97.9 Å². The number of nitrogens with one attached hydrogen (secondary N) is 2. The van der Waals surface area contributed by atoms with Crippen LogP contribution in [0.2, 0.25) is 10.0 Å². The summed E-state index contributed by atoms with van der Waals surface area (Å²) >= 11 is 12.2. The lowest BCUT2D eigenvalue weighted by Crippen LogP contribution is -2.31. The van der Waals surface area contributed by atoms with Crippen LogP contribution in [0.25, 0.3) is 11.4 Å². The molecule has 1 aromatic carbocycles. The summed E-state index contributed by atoms with van der Waals surface area (Å²) in [6, 6.07) is 11.8. The summed E-state index contributed by atoms with van der Waals surface area (Å²) in [5.41, 5.74) is 2.36. The number of amides is 1. The van der Waals surface area contributed by atoms with Crippen molar-refractivity contribution in [1.82, 2.24) is 19.7 Å². The van der Waals surface area contributed by atoms with E-state index in [0.29, 0.717) is 50.1 Å². The maximum absolute atomic E-state index is 13.4. The van der Waals surface area contributed by atoms with Gasteiger partial charge in [-0.2, -0.15) is 4.98 Å². The molecule has 5 rings (SSSR count). The molecule has 0 bridgehead atoms. The molecule has 4 aromatic rings. The molecule has 0 saturated carbocycles. The molecule has 1 aliphatic rings. The van der Waals surface area contributed by atoms with Gasteiger partial charge in [-0.15, -0.1) is 5.10 Å². The van der Waals surface area contributed by atoms with Gasteiger partial charge in [-0.1, -0.05) is 23.2 Å². The van der Waals surface area contributed by atoms with Gasteiger partial charge in [0.05, 0.1) is 27.5 Å². The Bertz CT molecular complexity index is 1390. The van der Waals surface area contributed by atoms with Crippen molar-refractivity contribution in [3.8, 4) is 11.4 Å². The predicted octanol–water partition coefficient (Wildman–Crippen LogP) is 5.48. The van der Waals surface area contributed by atoms with E-state index in [0.717, 1.165) is 5.76 Å². The number of hydrogen-bond acceptors (Lipinski definition) is 6. The number of hydrogen-bond donors (Lipinski definition) is 2. The fraction of sp³-hybridized carbons (Fsp3) is 0.130. The van der Waals surface area contributed by atoms with E-state index >= 15 is 0 Å². The molecule has 10 heteroatoms. The Labute approximate surface area is 199 Å². The van der Waals surface area contributed by atoms with Gasteiger partial charge in [0.1, 0.15) is 17.6 Å². The van der Waals surface area contributed by atoms with E-state index < -0.39 is 6.04 Å². The molecule has 3 aromatic heterocycles. The summed E-state index contributed by atoms with van der Waals surface area (Å²) in [5.74, 6) is 1.90. The lowest BCUT2D eigenvalue weighted by molar-refractivity contribution is -0.113. The number of pyridine rings is 1. The summed E-state index contributed by atoms with van der Waals surface area (Å²) < 4.78 is 7.57. The second-order valence-electron chi connectivity index (χ2n) is 7.54. The summed E-state index contributed by atoms with van der Waals surface area (Å²) in [6.45, 7) is 3.66. The lowest BCUT2D eigenvalue weighted by Gasteiger charge is -2.27. The number of halogens is 2. The number of aromatic nitrogens is 4. The van der Waals surface area contributed by atoms with Crippen LogP contribution in [-0.2, 0) is 4.79 Å². The summed E-state index contributed by atoms with van der Waals surface area (Å²) in [5, 5.41) is 11.6. The van der Waals surface area contributed by atoms with Gasteiger partial charge in [-0.25, -0.2) is 4.68 Å². The number of carbonyl (C=O) groups is 1. The molecule has 1 atom stereocenters. The van der Waals surface area contributed by atoms with Crippen LogP contribution in [0.3, 0.4) is 0 Å². The van der Waals surface area contributed by atoms with Gasteiger partial charge in [0.15, 0.2) is 5.82 Å².